The van der Waals surface area contributed by atoms with Gasteiger partial charge in [0.05, 0.1) is 24.8 Å². The number of hydrogen-bond acceptors (Lipinski definition) is 4. The lowest BCUT2D eigenvalue weighted by Gasteiger charge is -2.16. The van der Waals surface area contributed by atoms with Crippen LogP contribution in [-0.2, 0) is 4.84 Å². The van der Waals surface area contributed by atoms with Gasteiger partial charge in [-0.15, -0.1) is 0 Å². The summed E-state index contributed by atoms with van der Waals surface area (Å²) in [5, 5.41) is 4.94. The molecule has 1 aliphatic rings. The summed E-state index contributed by atoms with van der Waals surface area (Å²) in [4.78, 5) is 12.1. The highest BCUT2D eigenvalue weighted by Gasteiger charge is 2.27. The molecular formula is C20H22ClN3O2. The lowest BCUT2D eigenvalue weighted by molar-refractivity contribution is 0.0836. The van der Waals surface area contributed by atoms with Crippen molar-refractivity contribution in [3.05, 3.63) is 58.1 Å². The molecule has 0 fully saturated rings. The molecule has 136 valence electrons. The Labute approximate surface area is 158 Å². The summed E-state index contributed by atoms with van der Waals surface area (Å²) in [6.07, 6.45) is 2.24. The normalized spacial score (nSPS) is 16.5. The van der Waals surface area contributed by atoms with Gasteiger partial charge in [-0.3, -0.25) is 0 Å². The molecule has 1 heterocycles. The largest absolute Gasteiger partial charge is 0.496 e. The van der Waals surface area contributed by atoms with Gasteiger partial charge in [0, 0.05) is 42.7 Å². The molecule has 5 nitrogen and oxygen atoms in total. The third-order valence-corrected chi connectivity index (χ3v) is 4.38. The van der Waals surface area contributed by atoms with Crippen molar-refractivity contribution in [1.82, 2.24) is 4.90 Å². The number of aryl methyl sites for hydroxylation is 1. The molecule has 0 radical (unpaired) electrons. The minimum atomic E-state index is -0.190. The summed E-state index contributed by atoms with van der Waals surface area (Å²) < 4.78 is 5.58. The first-order valence-corrected chi connectivity index (χ1v) is 8.73. The van der Waals surface area contributed by atoms with Crippen LogP contribution >= 0.6 is 11.6 Å². The molecular weight excluding hydrogens is 350 g/mol. The highest BCUT2D eigenvalue weighted by Crippen LogP contribution is 2.38. The first-order valence-electron chi connectivity index (χ1n) is 8.35. The summed E-state index contributed by atoms with van der Waals surface area (Å²) in [6.45, 7) is 2.03. The van der Waals surface area contributed by atoms with E-state index in [-0.39, 0.29) is 6.10 Å². The van der Waals surface area contributed by atoms with Crippen molar-refractivity contribution in [1.29, 1.82) is 0 Å². The molecule has 0 saturated carbocycles. The molecule has 2 aromatic carbocycles. The van der Waals surface area contributed by atoms with E-state index in [0.717, 1.165) is 33.8 Å². The van der Waals surface area contributed by atoms with Crippen LogP contribution in [0.2, 0.25) is 5.02 Å². The van der Waals surface area contributed by atoms with Gasteiger partial charge in [-0.05, 0) is 30.7 Å². The Bertz CT molecular complexity index is 862. The highest BCUT2D eigenvalue weighted by atomic mass is 35.5. The maximum Gasteiger partial charge on any atom is 0.161 e. The van der Waals surface area contributed by atoms with Crippen LogP contribution in [0.5, 0.6) is 5.75 Å². The standard InChI is InChI=1S/C20H22ClN3O2/c1-13-8-16(19(25-4)10-17(13)22-12-24(2)3)20-11-18(23-26-20)14-6-5-7-15(21)9-14/h5-10,12,20H,11H2,1-4H3. The predicted octanol–water partition coefficient (Wildman–Crippen LogP) is 4.74. The van der Waals surface area contributed by atoms with Crippen LogP contribution in [0.3, 0.4) is 0 Å². The molecule has 0 amide bonds. The van der Waals surface area contributed by atoms with E-state index in [4.69, 9.17) is 21.2 Å². The lowest BCUT2D eigenvalue weighted by Crippen LogP contribution is -2.07. The average Bonchev–Trinajstić information content (AvgIpc) is 3.10. The third kappa shape index (κ3) is 3.99. The number of halogens is 1. The maximum absolute atomic E-state index is 6.08. The Kier molecular flexibility index (Phi) is 5.47. The molecule has 0 aromatic heterocycles. The topological polar surface area (TPSA) is 46.4 Å². The van der Waals surface area contributed by atoms with E-state index in [1.807, 2.05) is 56.3 Å². The van der Waals surface area contributed by atoms with Crippen molar-refractivity contribution in [3.8, 4) is 5.75 Å². The van der Waals surface area contributed by atoms with Gasteiger partial charge in [0.2, 0.25) is 0 Å². The van der Waals surface area contributed by atoms with Gasteiger partial charge in [-0.1, -0.05) is 28.9 Å². The number of ether oxygens (including phenoxy) is 1. The quantitative estimate of drug-likeness (QED) is 0.563. The molecule has 0 saturated heterocycles. The Balaban J connectivity index is 1.85. The van der Waals surface area contributed by atoms with Crippen LogP contribution < -0.4 is 4.74 Å². The second-order valence-corrected chi connectivity index (χ2v) is 6.87. The Morgan fingerprint density at radius 3 is 2.81 bits per heavy atom. The fourth-order valence-electron chi connectivity index (χ4n) is 2.83. The monoisotopic (exact) mass is 371 g/mol. The molecule has 26 heavy (non-hydrogen) atoms. The van der Waals surface area contributed by atoms with E-state index in [1.54, 1.807) is 13.4 Å². The van der Waals surface area contributed by atoms with Crippen LogP contribution in [0.4, 0.5) is 5.69 Å². The summed E-state index contributed by atoms with van der Waals surface area (Å²) in [6, 6.07) is 11.6. The smallest absolute Gasteiger partial charge is 0.161 e. The summed E-state index contributed by atoms with van der Waals surface area (Å²) in [7, 11) is 5.53. The van der Waals surface area contributed by atoms with Gasteiger partial charge < -0.3 is 14.5 Å². The number of methoxy groups -OCH3 is 1. The van der Waals surface area contributed by atoms with Crippen LogP contribution in [0, 0.1) is 6.92 Å². The molecule has 0 N–H and O–H groups in total. The minimum absolute atomic E-state index is 0.190. The molecule has 2 aromatic rings. The number of hydrogen-bond donors (Lipinski definition) is 0. The summed E-state index contributed by atoms with van der Waals surface area (Å²) in [5.41, 5.74) is 4.75. The molecule has 1 unspecified atom stereocenters. The van der Waals surface area contributed by atoms with E-state index >= 15 is 0 Å². The van der Waals surface area contributed by atoms with Crippen molar-refractivity contribution in [2.24, 2.45) is 10.1 Å². The minimum Gasteiger partial charge on any atom is -0.496 e. The number of oxime groups is 1. The average molecular weight is 372 g/mol. The summed E-state index contributed by atoms with van der Waals surface area (Å²) >= 11 is 6.08. The zero-order valence-electron chi connectivity index (χ0n) is 15.4. The lowest BCUT2D eigenvalue weighted by atomic mass is 9.97. The Morgan fingerprint density at radius 1 is 1.31 bits per heavy atom. The van der Waals surface area contributed by atoms with Gasteiger partial charge in [0.25, 0.3) is 0 Å². The highest BCUT2D eigenvalue weighted by molar-refractivity contribution is 6.31. The SMILES string of the molecule is COc1cc(N=CN(C)C)c(C)cc1C1CC(c2cccc(Cl)c2)=NO1. The fraction of sp³-hybridized carbons (Fsp3) is 0.300. The van der Waals surface area contributed by atoms with E-state index < -0.39 is 0 Å². The molecule has 6 heteroatoms. The number of benzene rings is 2. The third-order valence-electron chi connectivity index (χ3n) is 4.15. The summed E-state index contributed by atoms with van der Waals surface area (Å²) in [5.74, 6) is 0.744. The molecule has 1 aliphatic heterocycles. The molecule has 3 rings (SSSR count). The van der Waals surface area contributed by atoms with E-state index in [2.05, 4.69) is 16.2 Å². The van der Waals surface area contributed by atoms with Crippen molar-refractivity contribution in [2.75, 3.05) is 21.2 Å². The van der Waals surface area contributed by atoms with Crippen molar-refractivity contribution < 1.29 is 9.57 Å². The van der Waals surface area contributed by atoms with Gasteiger partial charge in [-0.25, -0.2) is 4.99 Å². The number of nitrogens with zero attached hydrogens (tertiary/aromatic N) is 3. The first kappa shape index (κ1) is 18.3. The molecule has 0 aliphatic carbocycles. The van der Waals surface area contributed by atoms with Crippen molar-refractivity contribution in [3.63, 3.8) is 0 Å². The maximum atomic E-state index is 6.08. The zero-order valence-corrected chi connectivity index (χ0v) is 16.1. The Morgan fingerprint density at radius 2 is 2.12 bits per heavy atom. The number of aliphatic imine (C=N–C) groups is 1. The van der Waals surface area contributed by atoms with Crippen LogP contribution in [0.15, 0.2) is 46.5 Å². The van der Waals surface area contributed by atoms with Crippen LogP contribution in [-0.4, -0.2) is 38.2 Å². The molecule has 0 spiro atoms. The fourth-order valence-corrected chi connectivity index (χ4v) is 3.02. The second kappa shape index (κ2) is 7.79. The Hall–Kier alpha value is -2.53. The van der Waals surface area contributed by atoms with Crippen LogP contribution in [0.25, 0.3) is 0 Å². The van der Waals surface area contributed by atoms with Gasteiger partial charge in [0.1, 0.15) is 5.75 Å². The van der Waals surface area contributed by atoms with E-state index in [9.17, 15) is 0 Å². The first-order chi connectivity index (χ1) is 12.5. The van der Waals surface area contributed by atoms with Gasteiger partial charge in [0.15, 0.2) is 6.10 Å². The van der Waals surface area contributed by atoms with Gasteiger partial charge in [-0.2, -0.15) is 0 Å². The predicted molar refractivity (Wildman–Crippen MR) is 106 cm³/mol. The molecule has 1 atom stereocenters. The van der Waals surface area contributed by atoms with Crippen molar-refractivity contribution >= 4 is 29.3 Å². The second-order valence-electron chi connectivity index (χ2n) is 6.44. The van der Waals surface area contributed by atoms with Crippen molar-refractivity contribution in [2.45, 2.75) is 19.4 Å². The number of rotatable bonds is 5. The van der Waals surface area contributed by atoms with Gasteiger partial charge >= 0.3 is 0 Å². The van der Waals surface area contributed by atoms with E-state index in [1.165, 1.54) is 0 Å². The van der Waals surface area contributed by atoms with E-state index in [0.29, 0.717) is 11.4 Å². The zero-order chi connectivity index (χ0) is 18.7. The molecule has 0 bridgehead atoms. The van der Waals surface area contributed by atoms with Crippen LogP contribution in [0.1, 0.15) is 29.2 Å².